The van der Waals surface area contributed by atoms with E-state index in [1.807, 2.05) is 26.2 Å². The summed E-state index contributed by atoms with van der Waals surface area (Å²) in [6.45, 7) is 2.23. The fraction of sp³-hybridized carbons (Fsp3) is 0.583. The van der Waals surface area contributed by atoms with Crippen LogP contribution < -0.4 is 4.74 Å². The second-order valence-electron chi connectivity index (χ2n) is 4.42. The zero-order valence-electron chi connectivity index (χ0n) is 10.1. The van der Waals surface area contributed by atoms with Crippen LogP contribution in [0, 0.1) is 0 Å². The Labute approximate surface area is 110 Å². The molecule has 4 nitrogen and oxygen atoms in total. The van der Waals surface area contributed by atoms with Crippen LogP contribution in [0.25, 0.3) is 0 Å². The Kier molecular flexibility index (Phi) is 4.36. The molecule has 2 rings (SSSR count). The zero-order chi connectivity index (χ0) is 12.3. The van der Waals surface area contributed by atoms with Gasteiger partial charge in [-0.1, -0.05) is 0 Å². The number of aromatic nitrogens is 1. The molecule has 1 aliphatic rings. The van der Waals surface area contributed by atoms with E-state index in [2.05, 4.69) is 25.8 Å². The Hall–Kier alpha value is -0.650. The molecule has 17 heavy (non-hydrogen) atoms. The summed E-state index contributed by atoms with van der Waals surface area (Å²) in [7, 11) is 4.04. The first-order chi connectivity index (χ1) is 8.15. The van der Waals surface area contributed by atoms with Crippen molar-refractivity contribution in [2.45, 2.75) is 19.1 Å². The third kappa shape index (κ3) is 3.66. The maximum Gasteiger partial charge on any atom is 0.142 e. The largest absolute Gasteiger partial charge is 0.486 e. The lowest BCUT2D eigenvalue weighted by molar-refractivity contribution is 0.139. The van der Waals surface area contributed by atoms with Gasteiger partial charge in [-0.15, -0.1) is 0 Å². The predicted octanol–water partition coefficient (Wildman–Crippen LogP) is 2.07. The molecule has 0 aromatic carbocycles. The molecule has 1 aromatic rings. The van der Waals surface area contributed by atoms with E-state index in [1.54, 1.807) is 0 Å². The number of rotatable bonds is 4. The topological polar surface area (TPSA) is 34.6 Å². The Morgan fingerprint density at radius 1 is 1.53 bits per heavy atom. The molecule has 1 fully saturated rings. The molecule has 1 aliphatic heterocycles. The Morgan fingerprint density at radius 3 is 3.00 bits per heavy atom. The first kappa shape index (κ1) is 12.8. The highest BCUT2D eigenvalue weighted by Crippen LogP contribution is 2.23. The van der Waals surface area contributed by atoms with E-state index in [-0.39, 0.29) is 6.10 Å². The van der Waals surface area contributed by atoms with Gasteiger partial charge in [-0.3, -0.25) is 0 Å². The van der Waals surface area contributed by atoms with Gasteiger partial charge in [0.15, 0.2) is 0 Å². The second-order valence-corrected chi connectivity index (χ2v) is 5.23. The molecule has 0 amide bonds. The first-order valence-corrected chi connectivity index (χ1v) is 6.49. The normalized spacial score (nSPS) is 19.9. The van der Waals surface area contributed by atoms with Crippen LogP contribution in [0.4, 0.5) is 0 Å². The Bertz CT molecular complexity index is 379. The lowest BCUT2D eigenvalue weighted by Gasteiger charge is -2.17. The summed E-state index contributed by atoms with van der Waals surface area (Å²) >= 11 is 3.39. The summed E-state index contributed by atoms with van der Waals surface area (Å²) in [5.41, 5.74) is 0.955. The third-order valence-electron chi connectivity index (χ3n) is 2.55. The number of hydrogen-bond acceptors (Lipinski definition) is 4. The van der Waals surface area contributed by atoms with Crippen molar-refractivity contribution in [3.05, 3.63) is 22.4 Å². The zero-order valence-corrected chi connectivity index (χ0v) is 11.7. The summed E-state index contributed by atoms with van der Waals surface area (Å²) in [5, 5.41) is 0. The summed E-state index contributed by atoms with van der Waals surface area (Å²) in [5.74, 6) is 0.859. The van der Waals surface area contributed by atoms with Crippen LogP contribution in [-0.4, -0.2) is 43.3 Å². The lowest BCUT2D eigenvalue weighted by Crippen LogP contribution is -2.19. The van der Waals surface area contributed by atoms with Crippen LogP contribution in [0.15, 0.2) is 16.7 Å². The fourth-order valence-corrected chi connectivity index (χ4v) is 2.11. The molecular formula is C12H17BrN2O2. The summed E-state index contributed by atoms with van der Waals surface area (Å²) in [6.07, 6.45) is 1.12. The van der Waals surface area contributed by atoms with Gasteiger partial charge in [-0.25, -0.2) is 4.98 Å². The predicted molar refractivity (Wildman–Crippen MR) is 69.2 cm³/mol. The van der Waals surface area contributed by atoms with E-state index in [0.717, 1.165) is 35.6 Å². The molecule has 94 valence electrons. The molecule has 5 heteroatoms. The van der Waals surface area contributed by atoms with Crippen LogP contribution in [-0.2, 0) is 11.3 Å². The number of nitrogens with zero attached hydrogens (tertiary/aromatic N) is 2. The molecule has 0 unspecified atom stereocenters. The maximum atomic E-state index is 5.93. The molecular weight excluding hydrogens is 284 g/mol. The quantitative estimate of drug-likeness (QED) is 0.798. The number of hydrogen-bond donors (Lipinski definition) is 0. The van der Waals surface area contributed by atoms with Crippen molar-refractivity contribution in [2.75, 3.05) is 27.3 Å². The summed E-state index contributed by atoms with van der Waals surface area (Å²) in [6, 6.07) is 3.87. The van der Waals surface area contributed by atoms with Gasteiger partial charge in [0.05, 0.1) is 18.9 Å². The fourth-order valence-electron chi connectivity index (χ4n) is 1.77. The third-order valence-corrected chi connectivity index (χ3v) is 2.99. The van der Waals surface area contributed by atoms with Crippen molar-refractivity contribution >= 4 is 15.9 Å². The SMILES string of the molecule is CN(C)Cc1nc(Br)ccc1O[C@@H]1CCOC1. The van der Waals surface area contributed by atoms with Crippen molar-refractivity contribution in [1.82, 2.24) is 9.88 Å². The van der Waals surface area contributed by atoms with E-state index in [4.69, 9.17) is 9.47 Å². The van der Waals surface area contributed by atoms with Crippen LogP contribution in [0.2, 0.25) is 0 Å². The van der Waals surface area contributed by atoms with Crippen molar-refractivity contribution in [1.29, 1.82) is 0 Å². The maximum absolute atomic E-state index is 5.93. The van der Waals surface area contributed by atoms with Gasteiger partial charge in [0, 0.05) is 13.0 Å². The van der Waals surface area contributed by atoms with Crippen molar-refractivity contribution in [3.8, 4) is 5.75 Å². The minimum atomic E-state index is 0.166. The summed E-state index contributed by atoms with van der Waals surface area (Å²) in [4.78, 5) is 6.54. The molecule has 0 bridgehead atoms. The second kappa shape index (κ2) is 5.80. The molecule has 1 atom stereocenters. The van der Waals surface area contributed by atoms with E-state index in [1.165, 1.54) is 0 Å². The molecule has 0 radical (unpaired) electrons. The highest BCUT2D eigenvalue weighted by atomic mass is 79.9. The Morgan fingerprint density at radius 2 is 2.35 bits per heavy atom. The molecule has 2 heterocycles. The molecule has 0 saturated carbocycles. The van der Waals surface area contributed by atoms with Gasteiger partial charge in [0.25, 0.3) is 0 Å². The van der Waals surface area contributed by atoms with Crippen molar-refractivity contribution in [3.63, 3.8) is 0 Å². The Balaban J connectivity index is 2.13. The lowest BCUT2D eigenvalue weighted by atomic mass is 10.3. The molecule has 0 aliphatic carbocycles. The molecule has 0 N–H and O–H groups in total. The van der Waals surface area contributed by atoms with E-state index >= 15 is 0 Å². The van der Waals surface area contributed by atoms with Gasteiger partial charge < -0.3 is 14.4 Å². The molecule has 1 saturated heterocycles. The van der Waals surface area contributed by atoms with Crippen LogP contribution in [0.5, 0.6) is 5.75 Å². The van der Waals surface area contributed by atoms with Crippen LogP contribution in [0.3, 0.4) is 0 Å². The summed E-state index contributed by atoms with van der Waals surface area (Å²) < 4.78 is 12.1. The average molecular weight is 301 g/mol. The van der Waals surface area contributed by atoms with E-state index in [0.29, 0.717) is 6.61 Å². The van der Waals surface area contributed by atoms with Gasteiger partial charge in [-0.05, 0) is 42.2 Å². The van der Waals surface area contributed by atoms with E-state index in [9.17, 15) is 0 Å². The average Bonchev–Trinajstić information content (AvgIpc) is 2.74. The van der Waals surface area contributed by atoms with Gasteiger partial charge in [0.1, 0.15) is 16.5 Å². The van der Waals surface area contributed by atoms with Gasteiger partial charge >= 0.3 is 0 Å². The number of ether oxygens (including phenoxy) is 2. The van der Waals surface area contributed by atoms with Gasteiger partial charge in [0.2, 0.25) is 0 Å². The van der Waals surface area contributed by atoms with E-state index < -0.39 is 0 Å². The van der Waals surface area contributed by atoms with Gasteiger partial charge in [-0.2, -0.15) is 0 Å². The monoisotopic (exact) mass is 300 g/mol. The highest BCUT2D eigenvalue weighted by Gasteiger charge is 2.19. The molecule has 0 spiro atoms. The standard InChI is InChI=1S/C12H17BrN2O2/c1-15(2)7-10-11(3-4-12(13)14-10)17-9-5-6-16-8-9/h3-4,9H,5-8H2,1-2H3/t9-/m1/s1. The number of halogens is 1. The van der Waals surface area contributed by atoms with Crippen molar-refractivity contribution in [2.24, 2.45) is 0 Å². The van der Waals surface area contributed by atoms with Crippen molar-refractivity contribution < 1.29 is 9.47 Å². The smallest absolute Gasteiger partial charge is 0.142 e. The minimum absolute atomic E-state index is 0.166. The number of pyridine rings is 1. The minimum Gasteiger partial charge on any atom is -0.486 e. The highest BCUT2D eigenvalue weighted by molar-refractivity contribution is 9.10. The van der Waals surface area contributed by atoms with Crippen LogP contribution in [0.1, 0.15) is 12.1 Å². The first-order valence-electron chi connectivity index (χ1n) is 5.69. The van der Waals surface area contributed by atoms with Crippen LogP contribution >= 0.6 is 15.9 Å². The molecule has 1 aromatic heterocycles.